The number of amides is 1. The summed E-state index contributed by atoms with van der Waals surface area (Å²) in [6.45, 7) is 5.70. The lowest BCUT2D eigenvalue weighted by atomic mass is 9.91. The van der Waals surface area contributed by atoms with E-state index in [-0.39, 0.29) is 18.3 Å². The summed E-state index contributed by atoms with van der Waals surface area (Å²) >= 11 is 0. The second kappa shape index (κ2) is 7.94. The topological polar surface area (TPSA) is 115 Å². The standard InChI is InChI=1S/C20H24FN5O3/c1-12(2)10-20(3,25-19(27)28)11-29-16-5-4-13(8-14(16)21)15-9-17(22)24-18-6-7-23-26(15)18/h4-9,12,25H,10-11H2,1-3H3,(H2,22,24)(H,27,28). The molecule has 1 unspecified atom stereocenters. The average molecular weight is 401 g/mol. The van der Waals surface area contributed by atoms with Crippen molar-refractivity contribution < 1.29 is 19.0 Å². The van der Waals surface area contributed by atoms with Crippen molar-refractivity contribution in [3.8, 4) is 17.0 Å². The Morgan fingerprint density at radius 1 is 1.38 bits per heavy atom. The predicted molar refractivity (Wildman–Crippen MR) is 107 cm³/mol. The van der Waals surface area contributed by atoms with E-state index in [9.17, 15) is 9.18 Å². The first-order valence-electron chi connectivity index (χ1n) is 9.21. The van der Waals surface area contributed by atoms with Crippen molar-refractivity contribution in [1.29, 1.82) is 0 Å². The van der Waals surface area contributed by atoms with Crippen molar-refractivity contribution in [2.24, 2.45) is 5.92 Å². The van der Waals surface area contributed by atoms with Crippen LogP contribution in [0.1, 0.15) is 27.2 Å². The number of rotatable bonds is 7. The van der Waals surface area contributed by atoms with Crippen molar-refractivity contribution in [1.82, 2.24) is 19.9 Å². The minimum absolute atomic E-state index is 0.000642. The first-order valence-corrected chi connectivity index (χ1v) is 9.21. The molecular weight excluding hydrogens is 377 g/mol. The van der Waals surface area contributed by atoms with Gasteiger partial charge >= 0.3 is 6.09 Å². The number of hydrogen-bond donors (Lipinski definition) is 3. The molecule has 0 aliphatic rings. The Morgan fingerprint density at radius 2 is 2.14 bits per heavy atom. The maximum absolute atomic E-state index is 14.7. The van der Waals surface area contributed by atoms with Crippen LogP contribution in [-0.4, -0.2) is 37.9 Å². The van der Waals surface area contributed by atoms with Crippen LogP contribution < -0.4 is 15.8 Å². The molecule has 0 fully saturated rings. The van der Waals surface area contributed by atoms with Gasteiger partial charge in [-0.25, -0.2) is 18.7 Å². The lowest BCUT2D eigenvalue weighted by Crippen LogP contribution is -2.50. The Labute approximate surface area is 167 Å². The Bertz CT molecular complexity index is 1040. The Balaban J connectivity index is 1.84. The van der Waals surface area contributed by atoms with Crippen molar-refractivity contribution in [3.05, 3.63) is 42.3 Å². The molecule has 0 aliphatic heterocycles. The number of ether oxygens (including phenoxy) is 1. The van der Waals surface area contributed by atoms with Crippen molar-refractivity contribution in [2.45, 2.75) is 32.7 Å². The van der Waals surface area contributed by atoms with Gasteiger partial charge in [-0.3, -0.25) is 0 Å². The highest BCUT2D eigenvalue weighted by atomic mass is 19.1. The molecule has 0 spiro atoms. The van der Waals surface area contributed by atoms with Crippen LogP contribution in [-0.2, 0) is 0 Å². The summed E-state index contributed by atoms with van der Waals surface area (Å²) in [7, 11) is 0. The fraction of sp³-hybridized carbons (Fsp3) is 0.350. The maximum Gasteiger partial charge on any atom is 0.405 e. The van der Waals surface area contributed by atoms with Gasteiger partial charge in [-0.05, 0) is 37.5 Å². The highest BCUT2D eigenvalue weighted by Crippen LogP contribution is 2.28. The van der Waals surface area contributed by atoms with E-state index < -0.39 is 17.4 Å². The SMILES string of the molecule is CC(C)CC(C)(COc1ccc(-c2cc(N)nc3ccnn23)cc1F)NC(=O)O. The number of nitrogens with two attached hydrogens (primary N) is 1. The number of carbonyl (C=O) groups is 1. The summed E-state index contributed by atoms with van der Waals surface area (Å²) in [5.41, 5.74) is 6.72. The minimum Gasteiger partial charge on any atom is -0.488 e. The van der Waals surface area contributed by atoms with Crippen LogP contribution in [0.5, 0.6) is 5.75 Å². The van der Waals surface area contributed by atoms with Crippen LogP contribution in [0.3, 0.4) is 0 Å². The number of halogens is 1. The van der Waals surface area contributed by atoms with E-state index in [4.69, 9.17) is 15.6 Å². The van der Waals surface area contributed by atoms with Gasteiger partial charge in [0.25, 0.3) is 0 Å². The molecule has 2 heterocycles. The number of fused-ring (bicyclic) bond motifs is 1. The van der Waals surface area contributed by atoms with Crippen LogP contribution in [0.2, 0.25) is 0 Å². The number of hydrogen-bond acceptors (Lipinski definition) is 5. The number of carboxylic acid groups (broad SMARTS) is 1. The van der Waals surface area contributed by atoms with Crippen molar-refractivity contribution in [2.75, 3.05) is 12.3 Å². The highest BCUT2D eigenvalue weighted by molar-refractivity contribution is 5.67. The summed E-state index contributed by atoms with van der Waals surface area (Å²) in [5.74, 6) is 0.00398. The van der Waals surface area contributed by atoms with Crippen LogP contribution in [0.4, 0.5) is 15.0 Å². The van der Waals surface area contributed by atoms with Gasteiger partial charge in [-0.15, -0.1) is 0 Å². The number of nitrogens with one attached hydrogen (secondary N) is 1. The smallest absolute Gasteiger partial charge is 0.405 e. The molecule has 3 rings (SSSR count). The van der Waals surface area contributed by atoms with E-state index in [1.54, 1.807) is 35.8 Å². The molecule has 1 aromatic carbocycles. The molecule has 29 heavy (non-hydrogen) atoms. The van der Waals surface area contributed by atoms with Crippen LogP contribution in [0.15, 0.2) is 36.5 Å². The Kier molecular flexibility index (Phi) is 5.58. The van der Waals surface area contributed by atoms with Gasteiger partial charge in [-0.1, -0.05) is 13.8 Å². The van der Waals surface area contributed by atoms with Gasteiger partial charge in [0.15, 0.2) is 17.2 Å². The van der Waals surface area contributed by atoms with E-state index in [2.05, 4.69) is 15.4 Å². The zero-order valence-corrected chi connectivity index (χ0v) is 16.5. The molecule has 0 aliphatic carbocycles. The van der Waals surface area contributed by atoms with E-state index in [1.165, 1.54) is 12.1 Å². The summed E-state index contributed by atoms with van der Waals surface area (Å²) < 4.78 is 21.9. The zero-order valence-electron chi connectivity index (χ0n) is 16.5. The number of nitrogen functional groups attached to an aromatic ring is 1. The van der Waals surface area contributed by atoms with Gasteiger partial charge in [0.1, 0.15) is 12.4 Å². The first-order chi connectivity index (χ1) is 13.7. The predicted octanol–water partition coefficient (Wildman–Crippen LogP) is 3.57. The molecule has 4 N–H and O–H groups in total. The number of anilines is 1. The molecule has 0 saturated carbocycles. The fourth-order valence-electron chi connectivity index (χ4n) is 3.46. The Morgan fingerprint density at radius 3 is 2.79 bits per heavy atom. The minimum atomic E-state index is -1.15. The molecule has 1 atom stereocenters. The van der Waals surface area contributed by atoms with Crippen LogP contribution in [0, 0.1) is 11.7 Å². The quantitative estimate of drug-likeness (QED) is 0.558. The fourth-order valence-corrected chi connectivity index (χ4v) is 3.46. The van der Waals surface area contributed by atoms with Crippen LogP contribution >= 0.6 is 0 Å². The molecule has 8 nitrogen and oxygen atoms in total. The summed E-state index contributed by atoms with van der Waals surface area (Å²) in [5, 5.41) is 15.8. The molecule has 1 amide bonds. The number of benzene rings is 1. The van der Waals surface area contributed by atoms with Crippen molar-refractivity contribution >= 4 is 17.6 Å². The average Bonchev–Trinajstić information content (AvgIpc) is 3.06. The van der Waals surface area contributed by atoms with Crippen molar-refractivity contribution in [3.63, 3.8) is 0 Å². The van der Waals surface area contributed by atoms with Crippen LogP contribution in [0.25, 0.3) is 16.9 Å². The summed E-state index contributed by atoms with van der Waals surface area (Å²) in [6, 6.07) is 7.85. The first kappa shape index (κ1) is 20.4. The molecule has 0 bridgehead atoms. The third-order valence-corrected chi connectivity index (χ3v) is 4.42. The lowest BCUT2D eigenvalue weighted by Gasteiger charge is -2.31. The van der Waals surface area contributed by atoms with Gasteiger partial charge in [0.05, 0.1) is 17.4 Å². The molecule has 3 aromatic rings. The number of nitrogens with zero attached hydrogens (tertiary/aromatic N) is 3. The van der Waals surface area contributed by atoms with E-state index in [0.29, 0.717) is 29.1 Å². The maximum atomic E-state index is 14.7. The van der Waals surface area contributed by atoms with Gasteiger partial charge in [0, 0.05) is 17.7 Å². The molecule has 9 heteroatoms. The summed E-state index contributed by atoms with van der Waals surface area (Å²) in [6.07, 6.45) is 0.988. The zero-order chi connectivity index (χ0) is 21.2. The second-order valence-electron chi connectivity index (χ2n) is 7.69. The highest BCUT2D eigenvalue weighted by Gasteiger charge is 2.29. The molecule has 0 saturated heterocycles. The Hall–Kier alpha value is -3.36. The van der Waals surface area contributed by atoms with Gasteiger partial charge < -0.3 is 20.9 Å². The van der Waals surface area contributed by atoms with E-state index in [0.717, 1.165) is 0 Å². The second-order valence-corrected chi connectivity index (χ2v) is 7.69. The third kappa shape index (κ3) is 4.74. The normalized spacial score (nSPS) is 13.4. The number of aromatic nitrogens is 3. The molecule has 0 radical (unpaired) electrons. The third-order valence-electron chi connectivity index (χ3n) is 4.42. The monoisotopic (exact) mass is 401 g/mol. The lowest BCUT2D eigenvalue weighted by molar-refractivity contribution is 0.141. The summed E-state index contributed by atoms with van der Waals surface area (Å²) in [4.78, 5) is 15.3. The largest absolute Gasteiger partial charge is 0.488 e. The molecule has 154 valence electrons. The molecular formula is C20H24FN5O3. The van der Waals surface area contributed by atoms with Gasteiger partial charge in [0.2, 0.25) is 0 Å². The van der Waals surface area contributed by atoms with E-state index >= 15 is 0 Å². The van der Waals surface area contributed by atoms with Gasteiger partial charge in [-0.2, -0.15) is 5.10 Å². The molecule has 2 aromatic heterocycles. The van der Waals surface area contributed by atoms with E-state index in [1.807, 2.05) is 13.8 Å².